The summed E-state index contributed by atoms with van der Waals surface area (Å²) in [6.45, 7) is 0.623. The number of para-hydroxylation sites is 1. The summed E-state index contributed by atoms with van der Waals surface area (Å²) in [6.07, 6.45) is 0. The molecule has 0 aromatic heterocycles. The van der Waals surface area contributed by atoms with Gasteiger partial charge in [0.25, 0.3) is 5.91 Å². The number of anilines is 1. The number of halogens is 1. The summed E-state index contributed by atoms with van der Waals surface area (Å²) < 4.78 is 18.2. The highest BCUT2D eigenvalue weighted by molar-refractivity contribution is 7.99. The van der Waals surface area contributed by atoms with Crippen LogP contribution < -0.4 is 9.64 Å². The number of carbonyl (C=O) groups is 1. The first-order valence-corrected chi connectivity index (χ1v) is 7.63. The van der Waals surface area contributed by atoms with Crippen LogP contribution in [0.25, 0.3) is 0 Å². The van der Waals surface area contributed by atoms with Crippen LogP contribution in [0.3, 0.4) is 0 Å². The molecule has 0 fully saturated rings. The van der Waals surface area contributed by atoms with E-state index in [0.717, 1.165) is 16.3 Å². The Kier molecular flexibility index (Phi) is 4.10. The van der Waals surface area contributed by atoms with Gasteiger partial charge in [0, 0.05) is 17.2 Å². The van der Waals surface area contributed by atoms with E-state index in [4.69, 9.17) is 4.74 Å². The maximum Gasteiger partial charge on any atom is 0.264 e. The topological polar surface area (TPSA) is 29.5 Å². The fraction of sp³-hybridized carbons (Fsp3) is 0.188. The lowest BCUT2D eigenvalue weighted by Crippen LogP contribution is -2.38. The maximum absolute atomic E-state index is 12.8. The summed E-state index contributed by atoms with van der Waals surface area (Å²) in [4.78, 5) is 15.2. The highest BCUT2D eigenvalue weighted by Gasteiger charge is 2.22. The van der Waals surface area contributed by atoms with Gasteiger partial charge in [0.1, 0.15) is 11.6 Å². The molecule has 0 spiro atoms. The van der Waals surface area contributed by atoms with Crippen LogP contribution in [-0.2, 0) is 4.79 Å². The Bertz CT molecular complexity index is 645. The third-order valence-corrected chi connectivity index (χ3v) is 4.25. The minimum Gasteiger partial charge on any atom is -0.484 e. The van der Waals surface area contributed by atoms with Crippen molar-refractivity contribution in [3.63, 3.8) is 0 Å². The summed E-state index contributed by atoms with van der Waals surface area (Å²) >= 11 is 1.75. The van der Waals surface area contributed by atoms with E-state index in [1.165, 1.54) is 24.3 Å². The van der Waals surface area contributed by atoms with Gasteiger partial charge in [-0.15, -0.1) is 11.8 Å². The summed E-state index contributed by atoms with van der Waals surface area (Å²) in [6, 6.07) is 13.5. The van der Waals surface area contributed by atoms with Crippen LogP contribution in [0.15, 0.2) is 53.4 Å². The van der Waals surface area contributed by atoms with Crippen molar-refractivity contribution in [1.29, 1.82) is 0 Å². The van der Waals surface area contributed by atoms with Crippen molar-refractivity contribution in [2.75, 3.05) is 23.8 Å². The Hall–Kier alpha value is -2.01. The third kappa shape index (κ3) is 3.19. The van der Waals surface area contributed by atoms with E-state index in [-0.39, 0.29) is 18.3 Å². The maximum atomic E-state index is 12.8. The number of fused-ring (bicyclic) bond motifs is 1. The molecule has 2 aromatic carbocycles. The molecule has 0 atom stereocenters. The van der Waals surface area contributed by atoms with Crippen LogP contribution in [-0.4, -0.2) is 24.8 Å². The van der Waals surface area contributed by atoms with Crippen molar-refractivity contribution in [3.05, 3.63) is 54.3 Å². The van der Waals surface area contributed by atoms with Crippen LogP contribution in [0.2, 0.25) is 0 Å². The summed E-state index contributed by atoms with van der Waals surface area (Å²) in [5.74, 6) is 0.950. The van der Waals surface area contributed by atoms with E-state index in [9.17, 15) is 9.18 Å². The van der Waals surface area contributed by atoms with E-state index in [0.29, 0.717) is 12.3 Å². The molecule has 1 heterocycles. The predicted octanol–water partition coefficient (Wildman–Crippen LogP) is 3.34. The molecular formula is C16H14FNO2S. The van der Waals surface area contributed by atoms with Crippen LogP contribution in [0.1, 0.15) is 0 Å². The van der Waals surface area contributed by atoms with Crippen LogP contribution >= 0.6 is 11.8 Å². The molecule has 21 heavy (non-hydrogen) atoms. The van der Waals surface area contributed by atoms with Crippen LogP contribution in [0, 0.1) is 5.82 Å². The smallest absolute Gasteiger partial charge is 0.264 e. The number of nitrogens with zero attached hydrogens (tertiary/aromatic N) is 1. The van der Waals surface area contributed by atoms with Gasteiger partial charge in [-0.25, -0.2) is 4.39 Å². The molecular weight excluding hydrogens is 289 g/mol. The predicted molar refractivity (Wildman–Crippen MR) is 81.4 cm³/mol. The molecule has 0 saturated heterocycles. The van der Waals surface area contributed by atoms with Crippen molar-refractivity contribution in [3.8, 4) is 5.75 Å². The van der Waals surface area contributed by atoms with Crippen molar-refractivity contribution in [2.24, 2.45) is 0 Å². The fourth-order valence-electron chi connectivity index (χ4n) is 2.18. The molecule has 0 saturated carbocycles. The largest absolute Gasteiger partial charge is 0.484 e. The van der Waals surface area contributed by atoms with Crippen LogP contribution in [0.5, 0.6) is 5.75 Å². The molecule has 3 nitrogen and oxygen atoms in total. The van der Waals surface area contributed by atoms with Crippen LogP contribution in [0.4, 0.5) is 10.1 Å². The van der Waals surface area contributed by atoms with Gasteiger partial charge in [0.05, 0.1) is 5.69 Å². The Labute approximate surface area is 126 Å². The van der Waals surface area contributed by atoms with Gasteiger partial charge in [-0.1, -0.05) is 12.1 Å². The average molecular weight is 303 g/mol. The van der Waals surface area contributed by atoms with Gasteiger partial charge in [0.2, 0.25) is 0 Å². The standard InChI is InChI=1S/C16H14FNO2S/c17-12-5-7-13(8-6-12)20-11-16(19)18-9-10-21-15-4-2-1-3-14(15)18/h1-8H,9-11H2. The lowest BCUT2D eigenvalue weighted by molar-refractivity contribution is -0.120. The number of rotatable bonds is 3. The molecule has 0 N–H and O–H groups in total. The number of hydrogen-bond acceptors (Lipinski definition) is 3. The minimum atomic E-state index is -0.323. The molecule has 5 heteroatoms. The number of ether oxygens (including phenoxy) is 1. The first-order valence-electron chi connectivity index (χ1n) is 6.64. The van der Waals surface area contributed by atoms with Gasteiger partial charge in [-0.05, 0) is 36.4 Å². The number of hydrogen-bond donors (Lipinski definition) is 0. The molecule has 0 aliphatic carbocycles. The molecule has 0 bridgehead atoms. The highest BCUT2D eigenvalue weighted by Crippen LogP contribution is 2.34. The number of benzene rings is 2. The quantitative estimate of drug-likeness (QED) is 0.871. The number of carbonyl (C=O) groups excluding carboxylic acids is 1. The molecule has 1 aliphatic rings. The van der Waals surface area contributed by atoms with Gasteiger partial charge >= 0.3 is 0 Å². The average Bonchev–Trinajstić information content (AvgIpc) is 2.53. The van der Waals surface area contributed by atoms with Crippen molar-refractivity contribution in [2.45, 2.75) is 4.90 Å². The van der Waals surface area contributed by atoms with E-state index in [1.54, 1.807) is 16.7 Å². The van der Waals surface area contributed by atoms with E-state index >= 15 is 0 Å². The molecule has 2 aromatic rings. The second-order valence-corrected chi connectivity index (χ2v) is 5.74. The normalized spacial score (nSPS) is 13.7. The molecule has 1 amide bonds. The first-order chi connectivity index (χ1) is 10.2. The first kappa shape index (κ1) is 13.9. The number of thioether (sulfide) groups is 1. The minimum absolute atomic E-state index is 0.0510. The zero-order valence-corrected chi connectivity index (χ0v) is 12.1. The summed E-state index contributed by atoms with van der Waals surface area (Å²) in [5, 5.41) is 0. The van der Waals surface area contributed by atoms with E-state index in [1.807, 2.05) is 24.3 Å². The zero-order valence-electron chi connectivity index (χ0n) is 11.3. The van der Waals surface area contributed by atoms with E-state index < -0.39 is 0 Å². The SMILES string of the molecule is O=C(COc1ccc(F)cc1)N1CCSc2ccccc21. The van der Waals surface area contributed by atoms with Crippen molar-refractivity contribution >= 4 is 23.4 Å². The van der Waals surface area contributed by atoms with Gasteiger partial charge in [0.15, 0.2) is 6.61 Å². The Morgan fingerprint density at radius 2 is 1.95 bits per heavy atom. The third-order valence-electron chi connectivity index (χ3n) is 3.21. The van der Waals surface area contributed by atoms with Gasteiger partial charge in [-0.2, -0.15) is 0 Å². The molecule has 1 aliphatic heterocycles. The highest BCUT2D eigenvalue weighted by atomic mass is 32.2. The Morgan fingerprint density at radius 3 is 2.76 bits per heavy atom. The monoisotopic (exact) mass is 303 g/mol. The zero-order chi connectivity index (χ0) is 14.7. The number of amides is 1. The van der Waals surface area contributed by atoms with Crippen molar-refractivity contribution in [1.82, 2.24) is 0 Å². The van der Waals surface area contributed by atoms with Gasteiger partial charge in [-0.3, -0.25) is 4.79 Å². The molecule has 3 rings (SSSR count). The summed E-state index contributed by atoms with van der Waals surface area (Å²) in [5.41, 5.74) is 0.932. The Balaban J connectivity index is 1.68. The molecule has 0 unspecified atom stereocenters. The van der Waals surface area contributed by atoms with Gasteiger partial charge < -0.3 is 9.64 Å². The van der Waals surface area contributed by atoms with E-state index in [2.05, 4.69) is 0 Å². The summed E-state index contributed by atoms with van der Waals surface area (Å²) in [7, 11) is 0. The molecule has 108 valence electrons. The fourth-order valence-corrected chi connectivity index (χ4v) is 3.18. The molecule has 0 radical (unpaired) electrons. The Morgan fingerprint density at radius 1 is 1.19 bits per heavy atom. The second-order valence-electron chi connectivity index (χ2n) is 4.60. The second kappa shape index (κ2) is 6.18. The lowest BCUT2D eigenvalue weighted by Gasteiger charge is -2.28. The van der Waals surface area contributed by atoms with Crippen molar-refractivity contribution < 1.29 is 13.9 Å². The lowest BCUT2D eigenvalue weighted by atomic mass is 10.2.